The number of rotatable bonds is 6. The molecule has 1 aromatic carbocycles. The molecule has 4 aromatic rings. The van der Waals surface area contributed by atoms with Gasteiger partial charge < -0.3 is 9.88 Å². The Morgan fingerprint density at radius 2 is 1.83 bits per heavy atom. The van der Waals surface area contributed by atoms with Crippen LogP contribution in [0.5, 0.6) is 0 Å². The van der Waals surface area contributed by atoms with E-state index in [1.807, 2.05) is 60.8 Å². The zero-order valence-corrected chi connectivity index (χ0v) is 16.5. The van der Waals surface area contributed by atoms with Crippen LogP contribution < -0.4 is 10.9 Å². The van der Waals surface area contributed by atoms with E-state index in [1.165, 1.54) is 0 Å². The first-order valence-electron chi connectivity index (χ1n) is 9.77. The van der Waals surface area contributed by atoms with Gasteiger partial charge in [-0.15, -0.1) is 10.2 Å². The molecule has 0 saturated carbocycles. The van der Waals surface area contributed by atoms with E-state index in [-0.39, 0.29) is 17.5 Å². The maximum absolute atomic E-state index is 12.9. The van der Waals surface area contributed by atoms with Crippen LogP contribution in [0.2, 0.25) is 0 Å². The number of aromatic nitrogens is 4. The van der Waals surface area contributed by atoms with Gasteiger partial charge in [0.25, 0.3) is 11.5 Å². The second-order valence-electron chi connectivity index (χ2n) is 7.30. The number of aryl methyl sites for hydroxylation is 1. The third-order valence-corrected chi connectivity index (χ3v) is 5.00. The number of fused-ring (bicyclic) bond motifs is 2. The van der Waals surface area contributed by atoms with Crippen molar-refractivity contribution < 1.29 is 4.79 Å². The van der Waals surface area contributed by atoms with Crippen molar-refractivity contribution >= 4 is 22.3 Å². The number of benzene rings is 1. The highest BCUT2D eigenvalue weighted by atomic mass is 16.2. The first-order valence-corrected chi connectivity index (χ1v) is 9.77. The fourth-order valence-corrected chi connectivity index (χ4v) is 3.48. The first kappa shape index (κ1) is 18.9. The zero-order chi connectivity index (χ0) is 20.4. The summed E-state index contributed by atoms with van der Waals surface area (Å²) in [6.45, 7) is 4.37. The van der Waals surface area contributed by atoms with Crippen molar-refractivity contribution in [3.05, 3.63) is 76.6 Å². The standard InChI is InChI=1S/C22H23N5O2/c1-15(2)27-14-18(16-8-3-4-9-17(16)22(27)29)21(28)23-12-7-11-20-25-24-19-10-5-6-13-26(19)20/h3-6,8-10,13-15H,7,11-12H2,1-2H3,(H,23,28). The van der Waals surface area contributed by atoms with Crippen molar-refractivity contribution in [1.29, 1.82) is 0 Å². The quantitative estimate of drug-likeness (QED) is 0.514. The molecule has 0 aliphatic carbocycles. The predicted molar refractivity (Wildman–Crippen MR) is 112 cm³/mol. The summed E-state index contributed by atoms with van der Waals surface area (Å²) >= 11 is 0. The molecule has 0 atom stereocenters. The van der Waals surface area contributed by atoms with Crippen LogP contribution in [0, 0.1) is 0 Å². The molecule has 1 amide bonds. The molecule has 3 heterocycles. The van der Waals surface area contributed by atoms with Gasteiger partial charge in [0.1, 0.15) is 5.82 Å². The van der Waals surface area contributed by atoms with Gasteiger partial charge in [-0.2, -0.15) is 0 Å². The largest absolute Gasteiger partial charge is 0.352 e. The predicted octanol–water partition coefficient (Wildman–Crippen LogP) is 2.99. The van der Waals surface area contributed by atoms with Crippen molar-refractivity contribution in [3.8, 4) is 0 Å². The summed E-state index contributed by atoms with van der Waals surface area (Å²) in [6.07, 6.45) is 5.04. The molecule has 0 aliphatic heterocycles. The summed E-state index contributed by atoms with van der Waals surface area (Å²) in [5.74, 6) is 0.690. The number of pyridine rings is 2. The highest BCUT2D eigenvalue weighted by Crippen LogP contribution is 2.17. The maximum Gasteiger partial charge on any atom is 0.258 e. The third-order valence-electron chi connectivity index (χ3n) is 5.00. The number of carbonyl (C=O) groups is 1. The fraction of sp³-hybridized carbons (Fsp3) is 0.273. The van der Waals surface area contributed by atoms with Crippen LogP contribution in [0.15, 0.2) is 59.7 Å². The van der Waals surface area contributed by atoms with Gasteiger partial charge in [-0.25, -0.2) is 0 Å². The van der Waals surface area contributed by atoms with Gasteiger partial charge in [0.2, 0.25) is 0 Å². The first-order chi connectivity index (χ1) is 14.1. The molecule has 4 rings (SSSR count). The SMILES string of the molecule is CC(C)n1cc(C(=O)NCCCc2nnc3ccccn23)c2ccccc2c1=O. The summed E-state index contributed by atoms with van der Waals surface area (Å²) in [4.78, 5) is 25.5. The van der Waals surface area contributed by atoms with E-state index in [9.17, 15) is 9.59 Å². The van der Waals surface area contributed by atoms with E-state index >= 15 is 0 Å². The molecule has 0 fully saturated rings. The smallest absolute Gasteiger partial charge is 0.258 e. The second-order valence-corrected chi connectivity index (χ2v) is 7.30. The number of carbonyl (C=O) groups excluding carboxylic acids is 1. The Labute approximate surface area is 168 Å². The highest BCUT2D eigenvalue weighted by molar-refractivity contribution is 6.06. The topological polar surface area (TPSA) is 81.3 Å². The summed E-state index contributed by atoms with van der Waals surface area (Å²) < 4.78 is 3.56. The molecule has 1 N–H and O–H groups in total. The minimum Gasteiger partial charge on any atom is -0.352 e. The summed E-state index contributed by atoms with van der Waals surface area (Å²) in [5.41, 5.74) is 1.25. The van der Waals surface area contributed by atoms with Crippen molar-refractivity contribution in [1.82, 2.24) is 24.5 Å². The lowest BCUT2D eigenvalue weighted by atomic mass is 10.1. The number of hydrogen-bond donors (Lipinski definition) is 1. The van der Waals surface area contributed by atoms with Crippen molar-refractivity contribution in [2.75, 3.05) is 6.54 Å². The van der Waals surface area contributed by atoms with Crippen LogP contribution in [-0.2, 0) is 6.42 Å². The Kier molecular flexibility index (Phi) is 5.12. The van der Waals surface area contributed by atoms with E-state index in [1.54, 1.807) is 16.8 Å². The number of nitrogens with zero attached hydrogens (tertiary/aromatic N) is 4. The van der Waals surface area contributed by atoms with Gasteiger partial charge in [0.15, 0.2) is 5.65 Å². The van der Waals surface area contributed by atoms with Gasteiger partial charge in [-0.3, -0.25) is 14.0 Å². The molecular formula is C22H23N5O2. The molecule has 0 unspecified atom stereocenters. The van der Waals surface area contributed by atoms with E-state index in [2.05, 4.69) is 15.5 Å². The normalized spacial score (nSPS) is 11.4. The number of nitrogens with one attached hydrogen (secondary N) is 1. The Balaban J connectivity index is 1.49. The Bertz CT molecular complexity index is 1240. The van der Waals surface area contributed by atoms with E-state index < -0.39 is 0 Å². The molecule has 0 saturated heterocycles. The van der Waals surface area contributed by atoms with Gasteiger partial charge in [-0.1, -0.05) is 24.3 Å². The zero-order valence-electron chi connectivity index (χ0n) is 16.5. The van der Waals surface area contributed by atoms with E-state index in [4.69, 9.17) is 0 Å². The van der Waals surface area contributed by atoms with Crippen LogP contribution in [0.25, 0.3) is 16.4 Å². The molecule has 0 aliphatic rings. The fourth-order valence-electron chi connectivity index (χ4n) is 3.48. The molecule has 3 aromatic heterocycles. The van der Waals surface area contributed by atoms with Crippen LogP contribution in [0.4, 0.5) is 0 Å². The van der Waals surface area contributed by atoms with Gasteiger partial charge >= 0.3 is 0 Å². The molecule has 7 nitrogen and oxygen atoms in total. The Morgan fingerprint density at radius 1 is 1.07 bits per heavy atom. The minimum absolute atomic E-state index is 0.0279. The van der Waals surface area contributed by atoms with Crippen LogP contribution in [0.1, 0.15) is 42.5 Å². The summed E-state index contributed by atoms with van der Waals surface area (Å²) in [6, 6.07) is 13.0. The molecular weight excluding hydrogens is 366 g/mol. The molecule has 29 heavy (non-hydrogen) atoms. The lowest BCUT2D eigenvalue weighted by molar-refractivity contribution is 0.0954. The second kappa shape index (κ2) is 7.87. The average Bonchev–Trinajstić information content (AvgIpc) is 3.14. The van der Waals surface area contributed by atoms with Crippen molar-refractivity contribution in [3.63, 3.8) is 0 Å². The van der Waals surface area contributed by atoms with Crippen molar-refractivity contribution in [2.24, 2.45) is 0 Å². The summed E-state index contributed by atoms with van der Waals surface area (Å²) in [5, 5.41) is 12.6. The van der Waals surface area contributed by atoms with E-state index in [0.717, 1.165) is 17.9 Å². The van der Waals surface area contributed by atoms with E-state index in [0.29, 0.717) is 29.3 Å². The van der Waals surface area contributed by atoms with Crippen LogP contribution in [0.3, 0.4) is 0 Å². The highest BCUT2D eigenvalue weighted by Gasteiger charge is 2.15. The third kappa shape index (κ3) is 3.63. The lowest BCUT2D eigenvalue weighted by Crippen LogP contribution is -2.29. The number of amides is 1. The molecule has 0 bridgehead atoms. The average molecular weight is 389 g/mol. The Morgan fingerprint density at radius 3 is 2.62 bits per heavy atom. The van der Waals surface area contributed by atoms with Crippen LogP contribution in [-0.4, -0.2) is 31.6 Å². The number of hydrogen-bond acceptors (Lipinski definition) is 4. The monoisotopic (exact) mass is 389 g/mol. The van der Waals surface area contributed by atoms with Gasteiger partial charge in [0.05, 0.1) is 5.56 Å². The molecule has 148 valence electrons. The molecule has 7 heteroatoms. The van der Waals surface area contributed by atoms with Gasteiger partial charge in [-0.05, 0) is 38.5 Å². The minimum atomic E-state index is -0.179. The van der Waals surface area contributed by atoms with Crippen molar-refractivity contribution in [2.45, 2.75) is 32.7 Å². The maximum atomic E-state index is 12.9. The van der Waals surface area contributed by atoms with Crippen LogP contribution >= 0.6 is 0 Å². The van der Waals surface area contributed by atoms with Gasteiger partial charge in [0, 0.05) is 42.2 Å². The Hall–Kier alpha value is -3.48. The summed E-state index contributed by atoms with van der Waals surface area (Å²) in [7, 11) is 0. The molecule has 0 spiro atoms. The molecule has 0 radical (unpaired) electrons. The lowest BCUT2D eigenvalue weighted by Gasteiger charge is -2.15.